The highest BCUT2D eigenvalue weighted by molar-refractivity contribution is 5.45. The van der Waals surface area contributed by atoms with Gasteiger partial charge in [-0.2, -0.15) is 0 Å². The van der Waals surface area contributed by atoms with Crippen molar-refractivity contribution in [2.24, 2.45) is 5.92 Å². The third-order valence-corrected chi connectivity index (χ3v) is 4.52. The van der Waals surface area contributed by atoms with Crippen LogP contribution in [0.1, 0.15) is 29.5 Å². The second-order valence-electron chi connectivity index (χ2n) is 6.28. The number of benzene rings is 1. The molecular formula is C17H26N2O. The Hall–Kier alpha value is -1.06. The molecule has 0 spiro atoms. The Morgan fingerprint density at radius 3 is 2.65 bits per heavy atom. The Kier molecular flexibility index (Phi) is 4.27. The molecule has 2 aliphatic rings. The Bertz CT molecular complexity index is 462. The van der Waals surface area contributed by atoms with Crippen LogP contribution in [-0.2, 0) is 6.54 Å². The molecule has 1 N–H and O–H groups in total. The first-order valence-corrected chi connectivity index (χ1v) is 7.89. The van der Waals surface area contributed by atoms with Gasteiger partial charge in [-0.05, 0) is 43.7 Å². The summed E-state index contributed by atoms with van der Waals surface area (Å²) in [6.07, 6.45) is 2.69. The summed E-state index contributed by atoms with van der Waals surface area (Å²) in [5.41, 5.74) is 4.01. The lowest BCUT2D eigenvalue weighted by molar-refractivity contribution is 0.226. The van der Waals surface area contributed by atoms with Crippen LogP contribution in [-0.4, -0.2) is 37.7 Å². The van der Waals surface area contributed by atoms with E-state index in [-0.39, 0.29) is 0 Å². The fourth-order valence-electron chi connectivity index (χ4n) is 2.77. The molecule has 0 atom stereocenters. The topological polar surface area (TPSA) is 24.5 Å². The average Bonchev–Trinajstić information content (AvgIpc) is 3.28. The third-order valence-electron chi connectivity index (χ3n) is 4.52. The summed E-state index contributed by atoms with van der Waals surface area (Å²) in [5.74, 6) is 1.96. The van der Waals surface area contributed by atoms with Gasteiger partial charge in [0.1, 0.15) is 5.75 Å². The van der Waals surface area contributed by atoms with Gasteiger partial charge in [-0.15, -0.1) is 0 Å². The number of ether oxygens (including phenoxy) is 1. The Morgan fingerprint density at radius 2 is 1.95 bits per heavy atom. The molecule has 0 bridgehead atoms. The van der Waals surface area contributed by atoms with Crippen LogP contribution in [0.4, 0.5) is 0 Å². The number of aryl methyl sites for hydroxylation is 1. The van der Waals surface area contributed by atoms with E-state index < -0.39 is 0 Å². The molecule has 1 saturated heterocycles. The van der Waals surface area contributed by atoms with E-state index in [1.54, 1.807) is 0 Å². The van der Waals surface area contributed by atoms with Gasteiger partial charge in [0.15, 0.2) is 0 Å². The predicted molar refractivity (Wildman–Crippen MR) is 82.3 cm³/mol. The zero-order chi connectivity index (χ0) is 13.9. The lowest BCUT2D eigenvalue weighted by Gasteiger charge is -2.28. The number of piperazine rings is 1. The van der Waals surface area contributed by atoms with E-state index >= 15 is 0 Å². The second-order valence-corrected chi connectivity index (χ2v) is 6.28. The van der Waals surface area contributed by atoms with E-state index in [2.05, 4.69) is 36.2 Å². The van der Waals surface area contributed by atoms with Crippen LogP contribution in [0.2, 0.25) is 0 Å². The van der Waals surface area contributed by atoms with Gasteiger partial charge in [0, 0.05) is 38.3 Å². The molecule has 110 valence electrons. The number of hydrogen-bond donors (Lipinski definition) is 1. The van der Waals surface area contributed by atoms with Crippen LogP contribution in [0.3, 0.4) is 0 Å². The quantitative estimate of drug-likeness (QED) is 0.893. The molecule has 1 aliphatic carbocycles. The van der Waals surface area contributed by atoms with Crippen LogP contribution in [0, 0.1) is 19.8 Å². The standard InChI is InChI=1S/C17H26N2O/c1-13-3-6-16(11-19-9-7-18-8-10-19)17(14(13)2)20-12-15-4-5-15/h3,6,15,18H,4-5,7-12H2,1-2H3. The van der Waals surface area contributed by atoms with Crippen LogP contribution in [0.25, 0.3) is 0 Å². The normalized spacial score (nSPS) is 20.1. The van der Waals surface area contributed by atoms with Crippen molar-refractivity contribution in [2.75, 3.05) is 32.8 Å². The summed E-state index contributed by atoms with van der Waals surface area (Å²) in [4.78, 5) is 2.52. The molecule has 3 heteroatoms. The fourth-order valence-corrected chi connectivity index (χ4v) is 2.77. The lowest BCUT2D eigenvalue weighted by atomic mass is 10.0. The molecule has 1 aromatic rings. The summed E-state index contributed by atoms with van der Waals surface area (Å²) < 4.78 is 6.17. The Balaban J connectivity index is 1.74. The lowest BCUT2D eigenvalue weighted by Crippen LogP contribution is -2.42. The monoisotopic (exact) mass is 274 g/mol. The molecule has 3 rings (SSSR count). The van der Waals surface area contributed by atoms with Gasteiger partial charge in [-0.3, -0.25) is 4.90 Å². The summed E-state index contributed by atoms with van der Waals surface area (Å²) in [5, 5.41) is 3.41. The molecule has 3 nitrogen and oxygen atoms in total. The molecule has 20 heavy (non-hydrogen) atoms. The van der Waals surface area contributed by atoms with Gasteiger partial charge >= 0.3 is 0 Å². The van der Waals surface area contributed by atoms with Crippen molar-refractivity contribution in [1.82, 2.24) is 10.2 Å². The van der Waals surface area contributed by atoms with Crippen molar-refractivity contribution in [3.63, 3.8) is 0 Å². The maximum Gasteiger partial charge on any atom is 0.126 e. The number of nitrogens with zero attached hydrogens (tertiary/aromatic N) is 1. The minimum absolute atomic E-state index is 0.807. The van der Waals surface area contributed by atoms with E-state index in [1.807, 2.05) is 0 Å². The smallest absolute Gasteiger partial charge is 0.126 e. The molecule has 1 saturated carbocycles. The first-order chi connectivity index (χ1) is 9.74. The van der Waals surface area contributed by atoms with Gasteiger partial charge in [0.2, 0.25) is 0 Å². The summed E-state index contributed by atoms with van der Waals surface area (Å²) in [6.45, 7) is 10.8. The van der Waals surface area contributed by atoms with E-state index in [1.165, 1.54) is 29.5 Å². The fraction of sp³-hybridized carbons (Fsp3) is 0.647. The van der Waals surface area contributed by atoms with Crippen LogP contribution in [0.15, 0.2) is 12.1 Å². The highest BCUT2D eigenvalue weighted by Gasteiger charge is 2.23. The minimum atomic E-state index is 0.807. The van der Waals surface area contributed by atoms with Gasteiger partial charge in [-0.25, -0.2) is 0 Å². The molecular weight excluding hydrogens is 248 g/mol. The maximum absolute atomic E-state index is 6.17. The van der Waals surface area contributed by atoms with Crippen molar-refractivity contribution >= 4 is 0 Å². The van der Waals surface area contributed by atoms with Crippen LogP contribution < -0.4 is 10.1 Å². The Morgan fingerprint density at radius 1 is 1.20 bits per heavy atom. The highest BCUT2D eigenvalue weighted by Crippen LogP contribution is 2.33. The van der Waals surface area contributed by atoms with Crippen molar-refractivity contribution < 1.29 is 4.74 Å². The summed E-state index contributed by atoms with van der Waals surface area (Å²) in [6, 6.07) is 4.49. The van der Waals surface area contributed by atoms with Crippen molar-refractivity contribution in [3.05, 3.63) is 28.8 Å². The molecule has 1 aliphatic heterocycles. The van der Waals surface area contributed by atoms with E-state index in [4.69, 9.17) is 4.74 Å². The van der Waals surface area contributed by atoms with Crippen LogP contribution in [0.5, 0.6) is 5.75 Å². The largest absolute Gasteiger partial charge is 0.493 e. The van der Waals surface area contributed by atoms with Gasteiger partial charge in [0.25, 0.3) is 0 Å². The second kappa shape index (κ2) is 6.15. The molecule has 1 aromatic carbocycles. The van der Waals surface area contributed by atoms with Gasteiger partial charge < -0.3 is 10.1 Å². The van der Waals surface area contributed by atoms with E-state index in [0.717, 1.165) is 51.0 Å². The first kappa shape index (κ1) is 13.9. The molecule has 0 aromatic heterocycles. The highest BCUT2D eigenvalue weighted by atomic mass is 16.5. The summed E-state index contributed by atoms with van der Waals surface area (Å²) >= 11 is 0. The third kappa shape index (κ3) is 3.33. The number of nitrogens with one attached hydrogen (secondary N) is 1. The van der Waals surface area contributed by atoms with E-state index in [9.17, 15) is 0 Å². The molecule has 2 fully saturated rings. The molecule has 0 unspecified atom stereocenters. The van der Waals surface area contributed by atoms with Crippen LogP contribution >= 0.6 is 0 Å². The van der Waals surface area contributed by atoms with Crippen molar-refractivity contribution in [3.8, 4) is 5.75 Å². The van der Waals surface area contributed by atoms with E-state index in [0.29, 0.717) is 0 Å². The predicted octanol–water partition coefficient (Wildman–Crippen LogP) is 2.50. The first-order valence-electron chi connectivity index (χ1n) is 7.89. The maximum atomic E-state index is 6.17. The minimum Gasteiger partial charge on any atom is -0.493 e. The number of hydrogen-bond acceptors (Lipinski definition) is 3. The molecule has 1 heterocycles. The zero-order valence-corrected chi connectivity index (χ0v) is 12.7. The SMILES string of the molecule is Cc1ccc(CN2CCNCC2)c(OCC2CC2)c1C. The Labute approximate surface area is 122 Å². The van der Waals surface area contributed by atoms with Gasteiger partial charge in [0.05, 0.1) is 6.61 Å². The van der Waals surface area contributed by atoms with Crippen molar-refractivity contribution in [1.29, 1.82) is 0 Å². The number of rotatable bonds is 5. The molecule has 0 amide bonds. The van der Waals surface area contributed by atoms with Gasteiger partial charge in [-0.1, -0.05) is 12.1 Å². The average molecular weight is 274 g/mol. The van der Waals surface area contributed by atoms with Crippen molar-refractivity contribution in [2.45, 2.75) is 33.2 Å². The summed E-state index contributed by atoms with van der Waals surface area (Å²) in [7, 11) is 0. The zero-order valence-electron chi connectivity index (χ0n) is 12.7. The molecule has 0 radical (unpaired) electrons.